The number of alkyl halides is 3. The van der Waals surface area contributed by atoms with E-state index in [0.29, 0.717) is 16.6 Å². The van der Waals surface area contributed by atoms with Gasteiger partial charge in [0, 0.05) is 34.6 Å². The van der Waals surface area contributed by atoms with E-state index in [9.17, 15) is 18.0 Å². The summed E-state index contributed by atoms with van der Waals surface area (Å²) in [6, 6.07) is 10.1. The van der Waals surface area contributed by atoms with Gasteiger partial charge >= 0.3 is 12.2 Å². The van der Waals surface area contributed by atoms with Crippen LogP contribution in [0, 0.1) is 5.41 Å². The Morgan fingerprint density at radius 2 is 1.72 bits per heavy atom. The molecule has 39 heavy (non-hydrogen) atoms. The van der Waals surface area contributed by atoms with E-state index in [1.807, 2.05) is 6.92 Å². The van der Waals surface area contributed by atoms with E-state index in [4.69, 9.17) is 23.2 Å². The molecule has 208 valence electrons. The van der Waals surface area contributed by atoms with Crippen LogP contribution in [-0.4, -0.2) is 27.3 Å². The van der Waals surface area contributed by atoms with Crippen molar-refractivity contribution in [3.8, 4) is 11.4 Å². The lowest BCUT2D eigenvalue weighted by Gasteiger charge is -2.52. The van der Waals surface area contributed by atoms with Gasteiger partial charge in [-0.25, -0.2) is 4.79 Å². The highest BCUT2D eigenvalue weighted by atomic mass is 35.5. The summed E-state index contributed by atoms with van der Waals surface area (Å²) >= 11 is 12.3. The number of carbonyl (C=O) groups excluding carboxylic acids is 1. The van der Waals surface area contributed by atoms with Crippen molar-refractivity contribution in [2.75, 3.05) is 6.54 Å². The summed E-state index contributed by atoms with van der Waals surface area (Å²) < 4.78 is 42.6. The first-order chi connectivity index (χ1) is 18.4. The zero-order valence-corrected chi connectivity index (χ0v) is 23.2. The summed E-state index contributed by atoms with van der Waals surface area (Å²) in [5.41, 5.74) is -0.127. The van der Waals surface area contributed by atoms with Gasteiger partial charge in [-0.05, 0) is 74.6 Å². The maximum Gasteiger partial charge on any atom is 0.417 e. The van der Waals surface area contributed by atoms with E-state index < -0.39 is 11.7 Å². The Balaban J connectivity index is 1.23. The largest absolute Gasteiger partial charge is 0.417 e. The van der Waals surface area contributed by atoms with Gasteiger partial charge in [-0.2, -0.15) is 13.2 Å². The summed E-state index contributed by atoms with van der Waals surface area (Å²) in [6.07, 6.45) is 0.752. The molecule has 0 spiro atoms. The molecule has 6 rings (SSSR count). The van der Waals surface area contributed by atoms with Crippen LogP contribution in [0.25, 0.3) is 11.4 Å². The summed E-state index contributed by atoms with van der Waals surface area (Å²) in [5, 5.41) is 15.7. The van der Waals surface area contributed by atoms with Gasteiger partial charge in [-0.3, -0.25) is 0 Å². The third-order valence-electron chi connectivity index (χ3n) is 8.62. The van der Waals surface area contributed by atoms with Crippen LogP contribution in [0.3, 0.4) is 0 Å². The smallest absolute Gasteiger partial charge is 0.338 e. The molecule has 3 fully saturated rings. The molecule has 0 saturated heterocycles. The maximum absolute atomic E-state index is 13.6. The molecule has 3 aliphatic rings. The second-order valence-electron chi connectivity index (χ2n) is 10.9. The van der Waals surface area contributed by atoms with Gasteiger partial charge in [0.2, 0.25) is 0 Å². The lowest BCUT2D eigenvalue weighted by molar-refractivity contribution is -0.137. The van der Waals surface area contributed by atoms with Gasteiger partial charge < -0.3 is 15.2 Å². The van der Waals surface area contributed by atoms with Crippen LogP contribution >= 0.6 is 23.2 Å². The highest BCUT2D eigenvalue weighted by Gasteiger charge is 2.51. The maximum atomic E-state index is 13.6. The molecule has 1 aromatic heterocycles. The zero-order valence-electron chi connectivity index (χ0n) is 21.7. The number of carbonyl (C=O) groups is 1. The number of nitrogens with zero attached hydrogens (tertiary/aromatic N) is 3. The molecule has 1 atom stereocenters. The quantitative estimate of drug-likeness (QED) is 0.318. The molecule has 1 unspecified atom stereocenters. The molecule has 0 aliphatic heterocycles. The minimum absolute atomic E-state index is 0.00937. The van der Waals surface area contributed by atoms with Crippen LogP contribution in [0.4, 0.5) is 18.0 Å². The minimum Gasteiger partial charge on any atom is -0.338 e. The average Bonchev–Trinajstić information content (AvgIpc) is 3.30. The van der Waals surface area contributed by atoms with Crippen molar-refractivity contribution in [3.05, 3.63) is 69.5 Å². The van der Waals surface area contributed by atoms with Crippen molar-refractivity contribution in [1.29, 1.82) is 0 Å². The zero-order chi connectivity index (χ0) is 28.0. The molecule has 2 bridgehead atoms. The van der Waals surface area contributed by atoms with Gasteiger partial charge in [0.1, 0.15) is 5.82 Å². The van der Waals surface area contributed by atoms with Crippen molar-refractivity contribution in [2.45, 2.75) is 63.1 Å². The van der Waals surface area contributed by atoms with E-state index in [1.54, 1.807) is 35.9 Å². The van der Waals surface area contributed by atoms with E-state index in [0.717, 1.165) is 56.0 Å². The van der Waals surface area contributed by atoms with E-state index in [1.165, 1.54) is 12.1 Å². The number of hydrogen-bond donors (Lipinski definition) is 2. The number of aromatic nitrogens is 3. The fourth-order valence-corrected chi connectivity index (χ4v) is 6.83. The summed E-state index contributed by atoms with van der Waals surface area (Å²) in [5.74, 6) is 0.963. The van der Waals surface area contributed by atoms with E-state index >= 15 is 0 Å². The average molecular weight is 580 g/mol. The van der Waals surface area contributed by atoms with Crippen LogP contribution in [0.1, 0.15) is 68.4 Å². The first-order valence-corrected chi connectivity index (χ1v) is 13.7. The summed E-state index contributed by atoms with van der Waals surface area (Å²) in [4.78, 5) is 12.7. The van der Waals surface area contributed by atoms with Crippen LogP contribution in [0.15, 0.2) is 42.5 Å². The van der Waals surface area contributed by atoms with Gasteiger partial charge in [0.25, 0.3) is 0 Å². The molecule has 11 heteroatoms. The molecule has 3 saturated carbocycles. The number of halogens is 5. The topological polar surface area (TPSA) is 71.8 Å². The van der Waals surface area contributed by atoms with E-state index in [2.05, 4.69) is 20.8 Å². The number of benzene rings is 2. The third kappa shape index (κ3) is 5.35. The summed E-state index contributed by atoms with van der Waals surface area (Å²) in [7, 11) is 1.75. The Bertz CT molecular complexity index is 1370. The number of urea groups is 1. The van der Waals surface area contributed by atoms with Crippen molar-refractivity contribution < 1.29 is 18.0 Å². The molecule has 2 N–H and O–H groups in total. The van der Waals surface area contributed by atoms with Crippen molar-refractivity contribution >= 4 is 29.2 Å². The van der Waals surface area contributed by atoms with Crippen LogP contribution in [0.5, 0.6) is 0 Å². The number of amides is 2. The number of fused-ring (bicyclic) bond motifs is 3. The molecule has 3 aliphatic carbocycles. The predicted molar refractivity (Wildman–Crippen MR) is 145 cm³/mol. The normalized spacial score (nSPS) is 23.5. The molecule has 2 aromatic carbocycles. The molecule has 1 heterocycles. The molecule has 6 nitrogen and oxygen atoms in total. The molecule has 0 radical (unpaired) electrons. The minimum atomic E-state index is -4.48. The SMILES string of the molecule is CC(NC(=O)NCC12CCC(c3nnc(-c4ccccc4C(F)(F)F)n3C)(CC1)CC2)c1ccc(Cl)cc1Cl. The van der Waals surface area contributed by atoms with Crippen LogP contribution in [0.2, 0.25) is 10.0 Å². The Labute approximate surface area is 235 Å². The molecular weight excluding hydrogens is 550 g/mol. The van der Waals surface area contributed by atoms with E-state index in [-0.39, 0.29) is 34.3 Å². The van der Waals surface area contributed by atoms with Gasteiger partial charge in [0.15, 0.2) is 5.82 Å². The summed E-state index contributed by atoms with van der Waals surface area (Å²) in [6.45, 7) is 2.42. The van der Waals surface area contributed by atoms with Gasteiger partial charge in [0.05, 0.1) is 11.6 Å². The fraction of sp³-hybridized carbons (Fsp3) is 0.464. The van der Waals surface area contributed by atoms with Crippen LogP contribution in [-0.2, 0) is 18.6 Å². The van der Waals surface area contributed by atoms with Crippen molar-refractivity contribution in [3.63, 3.8) is 0 Å². The highest BCUT2D eigenvalue weighted by Crippen LogP contribution is 2.57. The lowest BCUT2D eigenvalue weighted by atomic mass is 9.53. The highest BCUT2D eigenvalue weighted by molar-refractivity contribution is 6.35. The Morgan fingerprint density at radius 3 is 2.36 bits per heavy atom. The van der Waals surface area contributed by atoms with Gasteiger partial charge in [-0.15, -0.1) is 10.2 Å². The number of rotatable bonds is 6. The Kier molecular flexibility index (Phi) is 7.35. The molecule has 2 amide bonds. The monoisotopic (exact) mass is 579 g/mol. The fourth-order valence-electron chi connectivity index (χ4n) is 6.26. The van der Waals surface area contributed by atoms with Crippen molar-refractivity contribution in [1.82, 2.24) is 25.4 Å². The Morgan fingerprint density at radius 1 is 1.05 bits per heavy atom. The lowest BCUT2D eigenvalue weighted by Crippen LogP contribution is -2.51. The van der Waals surface area contributed by atoms with Crippen molar-refractivity contribution in [2.24, 2.45) is 12.5 Å². The second kappa shape index (κ2) is 10.3. The van der Waals surface area contributed by atoms with Gasteiger partial charge in [-0.1, -0.05) is 47.5 Å². The third-order valence-corrected chi connectivity index (χ3v) is 9.19. The van der Waals surface area contributed by atoms with Crippen LogP contribution < -0.4 is 10.6 Å². The number of hydrogen-bond acceptors (Lipinski definition) is 3. The first-order valence-electron chi connectivity index (χ1n) is 13.0. The Hall–Kier alpha value is -2.78. The predicted octanol–water partition coefficient (Wildman–Crippen LogP) is 7.46. The number of nitrogens with one attached hydrogen (secondary N) is 2. The molecule has 3 aromatic rings. The second-order valence-corrected chi connectivity index (χ2v) is 11.8. The molecular formula is C28H30Cl2F3N5O. The standard InChI is InChI=1S/C28H30Cl2F3N5O/c1-17(19-8-7-18(29)15-22(19)30)35-25(39)34-16-26-9-12-27(13-10-26,14-11-26)24-37-36-23(38(24)2)20-5-3-4-6-21(20)28(31,32)33/h3-8,15,17H,9-14,16H2,1-2H3,(H2,34,35,39). The first kappa shape index (κ1) is 27.8.